The molecule has 0 aliphatic carbocycles. The van der Waals surface area contributed by atoms with E-state index in [0.717, 1.165) is 19.6 Å². The van der Waals surface area contributed by atoms with Gasteiger partial charge in [0.1, 0.15) is 5.52 Å². The van der Waals surface area contributed by atoms with E-state index in [-0.39, 0.29) is 11.2 Å². The average molecular weight is 276 g/mol. The van der Waals surface area contributed by atoms with Crippen LogP contribution in [0.25, 0.3) is 11.1 Å². The summed E-state index contributed by atoms with van der Waals surface area (Å²) >= 11 is 0. The van der Waals surface area contributed by atoms with E-state index in [4.69, 9.17) is 4.42 Å². The first-order valence-electron chi connectivity index (χ1n) is 6.51. The Hall–Kier alpha value is -2.15. The monoisotopic (exact) mass is 276 g/mol. The Morgan fingerprint density at radius 3 is 3.00 bits per heavy atom. The highest BCUT2D eigenvalue weighted by Gasteiger charge is 2.32. The van der Waals surface area contributed by atoms with Gasteiger partial charge < -0.3 is 14.6 Å². The topological polar surface area (TPSA) is 84.4 Å². The molecule has 0 atom stereocenters. The number of fused-ring (bicyclic) bond motifs is 1. The molecule has 2 heterocycles. The number of benzene rings is 1. The number of anilines is 1. The number of hydrogen-bond donors (Lipinski definition) is 1. The van der Waals surface area contributed by atoms with Gasteiger partial charge in [-0.25, -0.2) is 0 Å². The van der Waals surface area contributed by atoms with Crippen molar-refractivity contribution in [3.8, 4) is 0 Å². The molecule has 1 fully saturated rings. The fraction of sp³-hybridized carbons (Fsp3) is 0.462. The third kappa shape index (κ3) is 2.09. The van der Waals surface area contributed by atoms with Gasteiger partial charge in [0.2, 0.25) is 0 Å². The lowest BCUT2D eigenvalue weighted by molar-refractivity contribution is -0.384. The number of hydrogen-bond acceptors (Lipinski definition) is 6. The van der Waals surface area contributed by atoms with Gasteiger partial charge in [-0.3, -0.25) is 10.1 Å². The average Bonchev–Trinajstić information content (AvgIpc) is 2.80. The van der Waals surface area contributed by atoms with Crippen LogP contribution in [0.15, 0.2) is 22.6 Å². The van der Waals surface area contributed by atoms with E-state index < -0.39 is 4.92 Å². The molecule has 0 spiro atoms. The van der Waals surface area contributed by atoms with Gasteiger partial charge in [-0.1, -0.05) is 0 Å². The smallest absolute Gasteiger partial charge is 0.298 e. The minimum atomic E-state index is -0.428. The lowest BCUT2D eigenvalue weighted by Gasteiger charge is -2.41. The summed E-state index contributed by atoms with van der Waals surface area (Å²) in [7, 11) is 0. The molecule has 0 bridgehead atoms. The summed E-state index contributed by atoms with van der Waals surface area (Å²) in [6.07, 6.45) is 0. The molecule has 106 valence electrons. The quantitative estimate of drug-likeness (QED) is 0.666. The highest BCUT2D eigenvalue weighted by Crippen LogP contribution is 2.29. The Labute approximate surface area is 115 Å². The third-order valence-corrected chi connectivity index (χ3v) is 3.60. The van der Waals surface area contributed by atoms with E-state index >= 15 is 0 Å². The zero-order chi connectivity index (χ0) is 14.3. The van der Waals surface area contributed by atoms with Crippen molar-refractivity contribution < 1.29 is 9.34 Å². The van der Waals surface area contributed by atoms with Crippen LogP contribution in [0.3, 0.4) is 0 Å². The molecule has 1 aromatic carbocycles. The van der Waals surface area contributed by atoms with E-state index in [0.29, 0.717) is 17.1 Å². The normalized spacial score (nSPS) is 18.4. The van der Waals surface area contributed by atoms with Crippen molar-refractivity contribution >= 4 is 22.8 Å². The molecule has 0 radical (unpaired) electrons. The first kappa shape index (κ1) is 12.9. The number of non-ortho nitro benzene ring substituents is 1. The van der Waals surface area contributed by atoms with Crippen molar-refractivity contribution in [3.05, 3.63) is 28.3 Å². The molecule has 3 rings (SSSR count). The minimum absolute atomic E-state index is 0.0249. The Morgan fingerprint density at radius 2 is 2.30 bits per heavy atom. The van der Waals surface area contributed by atoms with Crippen LogP contribution in [0.5, 0.6) is 0 Å². The fourth-order valence-electron chi connectivity index (χ4n) is 2.47. The van der Waals surface area contributed by atoms with Crippen LogP contribution in [0.1, 0.15) is 13.8 Å². The highest BCUT2D eigenvalue weighted by molar-refractivity contribution is 5.77. The molecule has 0 saturated carbocycles. The van der Waals surface area contributed by atoms with Crippen LogP contribution in [0.2, 0.25) is 0 Å². The number of piperazine rings is 1. The van der Waals surface area contributed by atoms with Crippen LogP contribution in [0, 0.1) is 10.1 Å². The van der Waals surface area contributed by atoms with Crippen molar-refractivity contribution in [1.29, 1.82) is 0 Å². The summed E-state index contributed by atoms with van der Waals surface area (Å²) in [5.41, 5.74) is 1.01. The van der Waals surface area contributed by atoms with Crippen LogP contribution < -0.4 is 10.2 Å². The zero-order valence-corrected chi connectivity index (χ0v) is 11.4. The number of oxazole rings is 1. The van der Waals surface area contributed by atoms with Crippen molar-refractivity contribution in [2.24, 2.45) is 0 Å². The third-order valence-electron chi connectivity index (χ3n) is 3.60. The van der Waals surface area contributed by atoms with E-state index in [2.05, 4.69) is 29.0 Å². The van der Waals surface area contributed by atoms with Gasteiger partial charge in [-0.05, 0) is 19.9 Å². The van der Waals surface area contributed by atoms with E-state index in [1.807, 2.05) is 0 Å². The summed E-state index contributed by atoms with van der Waals surface area (Å²) in [5, 5.41) is 14.1. The second kappa shape index (κ2) is 4.45. The molecule has 1 saturated heterocycles. The molecule has 1 aliphatic rings. The number of rotatable bonds is 2. The molecule has 1 aromatic heterocycles. The largest absolute Gasteiger partial charge is 0.423 e. The van der Waals surface area contributed by atoms with Crippen LogP contribution in [-0.2, 0) is 0 Å². The maximum Gasteiger partial charge on any atom is 0.298 e. The second-order valence-corrected chi connectivity index (χ2v) is 5.55. The summed E-state index contributed by atoms with van der Waals surface area (Å²) in [6.45, 7) is 6.71. The fourth-order valence-corrected chi connectivity index (χ4v) is 2.47. The number of nitro groups is 1. The van der Waals surface area contributed by atoms with Gasteiger partial charge in [0, 0.05) is 31.8 Å². The van der Waals surface area contributed by atoms with Crippen LogP contribution in [0.4, 0.5) is 11.7 Å². The van der Waals surface area contributed by atoms with Gasteiger partial charge in [-0.15, -0.1) is 0 Å². The molecule has 7 nitrogen and oxygen atoms in total. The molecule has 0 amide bonds. The number of nitrogens with zero attached hydrogens (tertiary/aromatic N) is 3. The summed E-state index contributed by atoms with van der Waals surface area (Å²) in [6, 6.07) is 4.99. The predicted molar refractivity (Wildman–Crippen MR) is 75.0 cm³/mol. The molecule has 0 unspecified atom stereocenters. The Kier molecular flexibility index (Phi) is 2.86. The first-order valence-corrected chi connectivity index (χ1v) is 6.51. The standard InChI is InChI=1S/C13H16N4O3/c1-13(2)8-14-5-6-16(13)12-15-10-7-9(17(18)19)3-4-11(10)20-12/h3-4,7,14H,5-6,8H2,1-2H3. The molecule has 1 N–H and O–H groups in total. The van der Waals surface area contributed by atoms with Crippen molar-refractivity contribution in [2.45, 2.75) is 19.4 Å². The van der Waals surface area contributed by atoms with Crippen LogP contribution >= 0.6 is 0 Å². The molecule has 2 aromatic rings. The first-order chi connectivity index (χ1) is 9.47. The Balaban J connectivity index is 2.02. The van der Waals surface area contributed by atoms with Gasteiger partial charge in [-0.2, -0.15) is 4.98 Å². The second-order valence-electron chi connectivity index (χ2n) is 5.55. The summed E-state index contributed by atoms with van der Waals surface area (Å²) < 4.78 is 5.74. The Bertz CT molecular complexity index is 665. The maximum atomic E-state index is 10.8. The lowest BCUT2D eigenvalue weighted by atomic mass is 10.0. The van der Waals surface area contributed by atoms with Gasteiger partial charge in [0.25, 0.3) is 11.7 Å². The van der Waals surface area contributed by atoms with E-state index in [9.17, 15) is 10.1 Å². The molecule has 7 heteroatoms. The maximum absolute atomic E-state index is 10.8. The SMILES string of the molecule is CC1(C)CNCCN1c1nc2cc([N+](=O)[O-])ccc2o1. The molecular formula is C13H16N4O3. The Morgan fingerprint density at radius 1 is 1.50 bits per heavy atom. The van der Waals surface area contributed by atoms with Gasteiger partial charge in [0.15, 0.2) is 5.58 Å². The van der Waals surface area contributed by atoms with E-state index in [1.54, 1.807) is 6.07 Å². The minimum Gasteiger partial charge on any atom is -0.423 e. The molecule has 20 heavy (non-hydrogen) atoms. The highest BCUT2D eigenvalue weighted by atomic mass is 16.6. The number of nitrogens with one attached hydrogen (secondary N) is 1. The summed E-state index contributed by atoms with van der Waals surface area (Å²) in [5.74, 6) is 0. The van der Waals surface area contributed by atoms with Gasteiger partial charge in [0.05, 0.1) is 10.5 Å². The van der Waals surface area contributed by atoms with Crippen molar-refractivity contribution in [3.63, 3.8) is 0 Å². The summed E-state index contributed by atoms with van der Waals surface area (Å²) in [4.78, 5) is 16.9. The molecule has 1 aliphatic heterocycles. The number of aromatic nitrogens is 1. The van der Waals surface area contributed by atoms with Gasteiger partial charge >= 0.3 is 0 Å². The lowest BCUT2D eigenvalue weighted by Crippen LogP contribution is -2.58. The number of nitro benzene ring substituents is 1. The van der Waals surface area contributed by atoms with Crippen LogP contribution in [-0.4, -0.2) is 35.1 Å². The molecular weight excluding hydrogens is 260 g/mol. The predicted octanol–water partition coefficient (Wildman–Crippen LogP) is 1.92. The van der Waals surface area contributed by atoms with Crippen molar-refractivity contribution in [2.75, 3.05) is 24.5 Å². The van der Waals surface area contributed by atoms with Crippen molar-refractivity contribution in [1.82, 2.24) is 10.3 Å². The van der Waals surface area contributed by atoms with E-state index in [1.165, 1.54) is 12.1 Å². The zero-order valence-electron chi connectivity index (χ0n) is 11.4.